The Labute approximate surface area is 80.3 Å². The highest BCUT2D eigenvalue weighted by Gasteiger charge is 2.35. The predicted octanol–water partition coefficient (Wildman–Crippen LogP) is 1.84. The zero-order valence-electron chi connectivity index (χ0n) is 8.46. The lowest BCUT2D eigenvalue weighted by molar-refractivity contribution is -0.124. The molecule has 0 radical (unpaired) electrons. The second-order valence-corrected chi connectivity index (χ2v) is 4.38. The van der Waals surface area contributed by atoms with Gasteiger partial charge in [-0.15, -0.1) is 0 Å². The van der Waals surface area contributed by atoms with Gasteiger partial charge in [-0.25, -0.2) is 0 Å². The van der Waals surface area contributed by atoms with Crippen LogP contribution in [0.1, 0.15) is 39.0 Å². The summed E-state index contributed by atoms with van der Waals surface area (Å²) >= 11 is 0. The lowest BCUT2D eigenvalue weighted by Gasteiger charge is -2.43. The standard InChI is InChI=1S/C11H19NO/c1-2-12-7-3-4-9-5-6-10(13)8-11(9)12/h9,11H,2-8H2,1H3. The lowest BCUT2D eigenvalue weighted by Crippen LogP contribution is -2.48. The number of carbonyl (C=O) groups excluding carboxylic acids is 1. The topological polar surface area (TPSA) is 20.3 Å². The SMILES string of the molecule is CCN1CCCC2CCC(=O)CC21. The van der Waals surface area contributed by atoms with Crippen LogP contribution in [0.2, 0.25) is 0 Å². The second kappa shape index (κ2) is 3.79. The maximum Gasteiger partial charge on any atom is 0.134 e. The smallest absolute Gasteiger partial charge is 0.134 e. The van der Waals surface area contributed by atoms with E-state index in [1.54, 1.807) is 0 Å². The fraction of sp³-hybridized carbons (Fsp3) is 0.909. The molecule has 2 nitrogen and oxygen atoms in total. The first-order valence-corrected chi connectivity index (χ1v) is 5.57. The largest absolute Gasteiger partial charge is 0.300 e. The third kappa shape index (κ3) is 1.78. The van der Waals surface area contributed by atoms with Gasteiger partial charge in [0.05, 0.1) is 0 Å². The van der Waals surface area contributed by atoms with Crippen LogP contribution in [0, 0.1) is 5.92 Å². The molecule has 1 heterocycles. The fourth-order valence-corrected chi connectivity index (χ4v) is 2.92. The Bertz CT molecular complexity index is 196. The summed E-state index contributed by atoms with van der Waals surface area (Å²) in [6.07, 6.45) is 5.52. The molecule has 74 valence electrons. The quantitative estimate of drug-likeness (QED) is 0.615. The molecule has 0 aromatic rings. The third-order valence-corrected chi connectivity index (χ3v) is 3.67. The molecule has 2 fully saturated rings. The molecule has 2 rings (SSSR count). The molecule has 2 aliphatic rings. The van der Waals surface area contributed by atoms with Crippen molar-refractivity contribution in [2.75, 3.05) is 13.1 Å². The molecule has 0 aromatic heterocycles. The van der Waals surface area contributed by atoms with Gasteiger partial charge in [0.1, 0.15) is 5.78 Å². The summed E-state index contributed by atoms with van der Waals surface area (Å²) in [5, 5.41) is 0. The Balaban J connectivity index is 2.05. The molecule has 2 atom stereocenters. The van der Waals surface area contributed by atoms with Gasteiger partial charge in [0, 0.05) is 18.9 Å². The number of fused-ring (bicyclic) bond motifs is 1. The van der Waals surface area contributed by atoms with Gasteiger partial charge in [0.2, 0.25) is 0 Å². The van der Waals surface area contributed by atoms with Crippen LogP contribution >= 0.6 is 0 Å². The molecule has 0 amide bonds. The minimum Gasteiger partial charge on any atom is -0.300 e. The van der Waals surface area contributed by atoms with E-state index < -0.39 is 0 Å². The van der Waals surface area contributed by atoms with Crippen LogP contribution in [0.4, 0.5) is 0 Å². The van der Waals surface area contributed by atoms with Crippen LogP contribution in [0.5, 0.6) is 0 Å². The number of piperidine rings is 1. The minimum atomic E-state index is 0.488. The van der Waals surface area contributed by atoms with E-state index in [4.69, 9.17) is 0 Å². The van der Waals surface area contributed by atoms with Gasteiger partial charge in [-0.1, -0.05) is 6.92 Å². The van der Waals surface area contributed by atoms with Gasteiger partial charge in [0.15, 0.2) is 0 Å². The van der Waals surface area contributed by atoms with E-state index in [-0.39, 0.29) is 0 Å². The summed E-state index contributed by atoms with van der Waals surface area (Å²) in [5.74, 6) is 1.31. The van der Waals surface area contributed by atoms with Crippen molar-refractivity contribution in [2.45, 2.75) is 45.1 Å². The molecular weight excluding hydrogens is 162 g/mol. The van der Waals surface area contributed by atoms with Gasteiger partial charge in [-0.05, 0) is 38.3 Å². The summed E-state index contributed by atoms with van der Waals surface area (Å²) in [6.45, 7) is 4.54. The van der Waals surface area contributed by atoms with Crippen molar-refractivity contribution < 1.29 is 4.79 Å². The Kier molecular flexibility index (Phi) is 2.68. The Morgan fingerprint density at radius 3 is 3.08 bits per heavy atom. The number of Topliss-reactive ketones (excluding diaryl/α,β-unsaturated/α-hetero) is 1. The fourth-order valence-electron chi connectivity index (χ4n) is 2.92. The van der Waals surface area contributed by atoms with Crippen LogP contribution < -0.4 is 0 Å². The molecule has 1 aliphatic heterocycles. The van der Waals surface area contributed by atoms with Crippen LogP contribution in [0.15, 0.2) is 0 Å². The number of hydrogen-bond donors (Lipinski definition) is 0. The maximum absolute atomic E-state index is 11.4. The van der Waals surface area contributed by atoms with E-state index in [9.17, 15) is 4.79 Å². The van der Waals surface area contributed by atoms with Crippen molar-refractivity contribution in [3.63, 3.8) is 0 Å². The van der Waals surface area contributed by atoms with Crippen molar-refractivity contribution in [3.8, 4) is 0 Å². The Morgan fingerprint density at radius 2 is 2.31 bits per heavy atom. The molecule has 2 unspecified atom stereocenters. The van der Waals surface area contributed by atoms with Gasteiger partial charge in [-0.2, -0.15) is 0 Å². The monoisotopic (exact) mass is 181 g/mol. The molecule has 0 spiro atoms. The van der Waals surface area contributed by atoms with Crippen LogP contribution in [-0.4, -0.2) is 29.8 Å². The summed E-state index contributed by atoms with van der Waals surface area (Å²) in [6, 6.07) is 0.597. The minimum absolute atomic E-state index is 0.488. The zero-order valence-corrected chi connectivity index (χ0v) is 8.46. The van der Waals surface area contributed by atoms with Gasteiger partial charge >= 0.3 is 0 Å². The number of ketones is 1. The van der Waals surface area contributed by atoms with Gasteiger partial charge < -0.3 is 0 Å². The van der Waals surface area contributed by atoms with E-state index in [0.717, 1.165) is 31.7 Å². The normalized spacial score (nSPS) is 35.9. The molecule has 2 heteroatoms. The van der Waals surface area contributed by atoms with Gasteiger partial charge in [0.25, 0.3) is 0 Å². The molecular formula is C11H19NO. The summed E-state index contributed by atoms with van der Waals surface area (Å²) < 4.78 is 0. The molecule has 1 saturated carbocycles. The van der Waals surface area contributed by atoms with E-state index in [1.165, 1.54) is 19.4 Å². The number of rotatable bonds is 1. The van der Waals surface area contributed by atoms with Crippen LogP contribution in [0.3, 0.4) is 0 Å². The maximum atomic E-state index is 11.4. The van der Waals surface area contributed by atoms with Gasteiger partial charge in [-0.3, -0.25) is 9.69 Å². The number of likely N-dealkylation sites (tertiary alicyclic amines) is 1. The van der Waals surface area contributed by atoms with Crippen molar-refractivity contribution >= 4 is 5.78 Å². The third-order valence-electron chi connectivity index (χ3n) is 3.67. The van der Waals surface area contributed by atoms with Crippen LogP contribution in [-0.2, 0) is 4.79 Å². The highest BCUT2D eigenvalue weighted by molar-refractivity contribution is 5.79. The highest BCUT2D eigenvalue weighted by Crippen LogP contribution is 2.33. The predicted molar refractivity (Wildman–Crippen MR) is 52.6 cm³/mol. The average molecular weight is 181 g/mol. The molecule has 0 N–H and O–H groups in total. The summed E-state index contributed by atoms with van der Waals surface area (Å²) in [4.78, 5) is 13.9. The molecule has 0 aromatic carbocycles. The molecule has 0 bridgehead atoms. The first-order chi connectivity index (χ1) is 6.31. The van der Waals surface area contributed by atoms with Crippen molar-refractivity contribution in [3.05, 3.63) is 0 Å². The van der Waals surface area contributed by atoms with Crippen molar-refractivity contribution in [1.29, 1.82) is 0 Å². The van der Waals surface area contributed by atoms with Crippen molar-refractivity contribution in [2.24, 2.45) is 5.92 Å². The average Bonchev–Trinajstić information content (AvgIpc) is 2.17. The Hall–Kier alpha value is -0.370. The first kappa shape index (κ1) is 9.20. The van der Waals surface area contributed by atoms with E-state index in [1.807, 2.05) is 0 Å². The van der Waals surface area contributed by atoms with Crippen molar-refractivity contribution in [1.82, 2.24) is 4.90 Å². The van der Waals surface area contributed by atoms with E-state index >= 15 is 0 Å². The summed E-state index contributed by atoms with van der Waals surface area (Å²) in [7, 11) is 0. The number of nitrogens with zero attached hydrogens (tertiary/aromatic N) is 1. The van der Waals surface area contributed by atoms with E-state index in [2.05, 4.69) is 11.8 Å². The molecule has 1 saturated heterocycles. The van der Waals surface area contributed by atoms with Crippen LogP contribution in [0.25, 0.3) is 0 Å². The zero-order chi connectivity index (χ0) is 9.26. The number of hydrogen-bond acceptors (Lipinski definition) is 2. The van der Waals surface area contributed by atoms with E-state index in [0.29, 0.717) is 11.8 Å². The molecule has 13 heavy (non-hydrogen) atoms. The summed E-state index contributed by atoms with van der Waals surface area (Å²) in [5.41, 5.74) is 0. The highest BCUT2D eigenvalue weighted by atomic mass is 16.1. The Morgan fingerprint density at radius 1 is 1.46 bits per heavy atom. The lowest BCUT2D eigenvalue weighted by atomic mass is 9.78. The second-order valence-electron chi connectivity index (χ2n) is 4.38. The first-order valence-electron chi connectivity index (χ1n) is 5.57. The number of carbonyl (C=O) groups is 1. The molecule has 1 aliphatic carbocycles.